The van der Waals surface area contributed by atoms with Gasteiger partial charge in [-0.3, -0.25) is 9.59 Å². The van der Waals surface area contributed by atoms with Gasteiger partial charge in [0.2, 0.25) is 5.91 Å². The SMILES string of the molecule is O=C(O)[C@@H]1[C@@H](C(=O)NCCc2cccc(Cl)c2)[C@H]2C=C[C@@H]1O2. The van der Waals surface area contributed by atoms with Gasteiger partial charge in [-0.15, -0.1) is 0 Å². The topological polar surface area (TPSA) is 75.6 Å². The number of carbonyl (C=O) groups is 2. The lowest BCUT2D eigenvalue weighted by Gasteiger charge is -2.20. The minimum atomic E-state index is -0.994. The van der Waals surface area contributed by atoms with Crippen molar-refractivity contribution in [2.45, 2.75) is 18.6 Å². The summed E-state index contributed by atoms with van der Waals surface area (Å²) in [5.41, 5.74) is 1.02. The molecule has 3 rings (SSSR count). The zero-order valence-electron chi connectivity index (χ0n) is 11.7. The minimum Gasteiger partial charge on any atom is -0.481 e. The smallest absolute Gasteiger partial charge is 0.310 e. The van der Waals surface area contributed by atoms with Crippen LogP contribution in [0.1, 0.15) is 5.56 Å². The summed E-state index contributed by atoms with van der Waals surface area (Å²) in [7, 11) is 0. The maximum Gasteiger partial charge on any atom is 0.310 e. The average molecular weight is 322 g/mol. The molecular weight excluding hydrogens is 306 g/mol. The fourth-order valence-electron chi connectivity index (χ4n) is 3.06. The molecule has 1 amide bonds. The maximum absolute atomic E-state index is 12.3. The molecule has 116 valence electrons. The van der Waals surface area contributed by atoms with Crippen molar-refractivity contribution < 1.29 is 19.4 Å². The van der Waals surface area contributed by atoms with E-state index in [1.54, 1.807) is 18.2 Å². The molecule has 6 heteroatoms. The highest BCUT2D eigenvalue weighted by Crippen LogP contribution is 2.39. The van der Waals surface area contributed by atoms with E-state index in [9.17, 15) is 14.7 Å². The molecule has 5 nitrogen and oxygen atoms in total. The fraction of sp³-hybridized carbons (Fsp3) is 0.375. The number of hydrogen-bond donors (Lipinski definition) is 2. The lowest BCUT2D eigenvalue weighted by molar-refractivity contribution is -0.146. The first-order valence-electron chi connectivity index (χ1n) is 7.15. The molecule has 4 atom stereocenters. The molecular formula is C16H16ClNO4. The van der Waals surface area contributed by atoms with E-state index in [0.717, 1.165) is 5.56 Å². The van der Waals surface area contributed by atoms with Crippen LogP contribution in [0.5, 0.6) is 0 Å². The van der Waals surface area contributed by atoms with E-state index in [1.165, 1.54) is 0 Å². The van der Waals surface area contributed by atoms with Crippen LogP contribution in [0.3, 0.4) is 0 Å². The first kappa shape index (κ1) is 15.1. The van der Waals surface area contributed by atoms with Crippen LogP contribution in [0.4, 0.5) is 0 Å². The summed E-state index contributed by atoms with van der Waals surface area (Å²) in [6.07, 6.45) is 3.20. The summed E-state index contributed by atoms with van der Waals surface area (Å²) >= 11 is 5.91. The van der Waals surface area contributed by atoms with Crippen molar-refractivity contribution in [1.82, 2.24) is 5.32 Å². The largest absolute Gasteiger partial charge is 0.481 e. The van der Waals surface area contributed by atoms with Crippen LogP contribution in [0.25, 0.3) is 0 Å². The summed E-state index contributed by atoms with van der Waals surface area (Å²) in [4.78, 5) is 23.6. The average Bonchev–Trinajstić information content (AvgIpc) is 3.07. The Balaban J connectivity index is 1.58. The summed E-state index contributed by atoms with van der Waals surface area (Å²) in [6.45, 7) is 0.434. The number of hydrogen-bond acceptors (Lipinski definition) is 3. The molecule has 0 unspecified atom stereocenters. The number of ether oxygens (including phenoxy) is 1. The number of carboxylic acid groups (broad SMARTS) is 1. The number of halogens is 1. The second kappa shape index (κ2) is 6.10. The number of carbonyl (C=O) groups excluding carboxylic acids is 1. The predicted octanol–water partition coefficient (Wildman–Crippen LogP) is 1.65. The van der Waals surface area contributed by atoms with E-state index in [4.69, 9.17) is 16.3 Å². The molecule has 2 heterocycles. The highest BCUT2D eigenvalue weighted by molar-refractivity contribution is 6.30. The first-order chi connectivity index (χ1) is 10.6. The molecule has 0 saturated carbocycles. The van der Waals surface area contributed by atoms with E-state index in [2.05, 4.69) is 5.32 Å². The first-order valence-corrected chi connectivity index (χ1v) is 7.53. The van der Waals surface area contributed by atoms with Crippen LogP contribution < -0.4 is 5.32 Å². The predicted molar refractivity (Wildman–Crippen MR) is 80.6 cm³/mol. The van der Waals surface area contributed by atoms with Gasteiger partial charge in [0.05, 0.1) is 18.1 Å². The Morgan fingerprint density at radius 1 is 1.23 bits per heavy atom. The Morgan fingerprint density at radius 2 is 1.95 bits per heavy atom. The van der Waals surface area contributed by atoms with Crippen LogP contribution in [-0.4, -0.2) is 35.7 Å². The van der Waals surface area contributed by atoms with Gasteiger partial charge in [-0.2, -0.15) is 0 Å². The molecule has 2 bridgehead atoms. The van der Waals surface area contributed by atoms with E-state index < -0.39 is 30.0 Å². The molecule has 22 heavy (non-hydrogen) atoms. The van der Waals surface area contributed by atoms with Crippen LogP contribution in [0.2, 0.25) is 5.02 Å². The number of amides is 1. The van der Waals surface area contributed by atoms with Crippen molar-refractivity contribution in [3.05, 3.63) is 47.0 Å². The quantitative estimate of drug-likeness (QED) is 0.809. The number of aliphatic carboxylic acids is 1. The standard InChI is InChI=1S/C16H16ClNO4/c17-10-3-1-2-9(8-10)6-7-18-15(19)13-11-4-5-12(22-11)14(13)16(20)21/h1-5,8,11-14H,6-7H2,(H,18,19)(H,20,21)/t11-,12+,13+,14+/m1/s1. The highest BCUT2D eigenvalue weighted by atomic mass is 35.5. The molecule has 0 aromatic heterocycles. The maximum atomic E-state index is 12.3. The summed E-state index contributed by atoms with van der Waals surface area (Å²) in [5.74, 6) is -2.73. The third kappa shape index (κ3) is 2.87. The molecule has 0 spiro atoms. The Labute approximate surface area is 132 Å². The van der Waals surface area contributed by atoms with Gasteiger partial charge in [-0.25, -0.2) is 0 Å². The van der Waals surface area contributed by atoms with Gasteiger partial charge in [0.1, 0.15) is 5.92 Å². The van der Waals surface area contributed by atoms with Gasteiger partial charge < -0.3 is 15.2 Å². The fourth-order valence-corrected chi connectivity index (χ4v) is 3.27. The van der Waals surface area contributed by atoms with Gasteiger partial charge in [-0.05, 0) is 24.1 Å². The van der Waals surface area contributed by atoms with Crippen molar-refractivity contribution >= 4 is 23.5 Å². The summed E-state index contributed by atoms with van der Waals surface area (Å²) in [5, 5.41) is 12.7. The van der Waals surface area contributed by atoms with E-state index in [0.29, 0.717) is 18.0 Å². The molecule has 2 aliphatic rings. The Morgan fingerprint density at radius 3 is 2.64 bits per heavy atom. The molecule has 1 aromatic rings. The molecule has 1 aromatic carbocycles. The van der Waals surface area contributed by atoms with Crippen molar-refractivity contribution in [3.8, 4) is 0 Å². The monoisotopic (exact) mass is 321 g/mol. The Kier molecular flexibility index (Phi) is 4.18. The number of fused-ring (bicyclic) bond motifs is 2. The van der Waals surface area contributed by atoms with Gasteiger partial charge in [-0.1, -0.05) is 35.9 Å². The zero-order chi connectivity index (χ0) is 15.7. The number of nitrogens with one attached hydrogen (secondary N) is 1. The third-order valence-electron chi connectivity index (χ3n) is 4.09. The lowest BCUT2D eigenvalue weighted by Crippen LogP contribution is -2.43. The number of benzene rings is 1. The third-order valence-corrected chi connectivity index (χ3v) is 4.32. The molecule has 0 radical (unpaired) electrons. The molecule has 2 N–H and O–H groups in total. The van der Waals surface area contributed by atoms with Gasteiger partial charge >= 0.3 is 5.97 Å². The van der Waals surface area contributed by atoms with E-state index >= 15 is 0 Å². The Bertz CT molecular complexity index is 630. The van der Waals surface area contributed by atoms with Crippen LogP contribution >= 0.6 is 11.6 Å². The number of rotatable bonds is 5. The molecule has 0 aliphatic carbocycles. The van der Waals surface area contributed by atoms with Crippen LogP contribution in [0.15, 0.2) is 36.4 Å². The highest BCUT2D eigenvalue weighted by Gasteiger charge is 2.53. The van der Waals surface area contributed by atoms with E-state index in [-0.39, 0.29) is 5.91 Å². The van der Waals surface area contributed by atoms with Crippen LogP contribution in [0, 0.1) is 11.8 Å². The lowest BCUT2D eigenvalue weighted by atomic mass is 9.82. The zero-order valence-corrected chi connectivity index (χ0v) is 12.5. The second-order valence-corrected chi connectivity index (χ2v) is 5.95. The van der Waals surface area contributed by atoms with Crippen molar-refractivity contribution in [2.75, 3.05) is 6.54 Å². The van der Waals surface area contributed by atoms with Crippen molar-refractivity contribution in [2.24, 2.45) is 11.8 Å². The van der Waals surface area contributed by atoms with Gasteiger partial charge in [0, 0.05) is 11.6 Å². The number of carboxylic acids is 1. The molecule has 2 aliphatic heterocycles. The summed E-state index contributed by atoms with van der Waals surface area (Å²) < 4.78 is 5.49. The Hall–Kier alpha value is -1.85. The van der Waals surface area contributed by atoms with E-state index in [1.807, 2.05) is 18.2 Å². The normalized spacial score (nSPS) is 28.8. The summed E-state index contributed by atoms with van der Waals surface area (Å²) in [6, 6.07) is 7.42. The molecule has 1 saturated heterocycles. The minimum absolute atomic E-state index is 0.272. The van der Waals surface area contributed by atoms with Crippen molar-refractivity contribution in [3.63, 3.8) is 0 Å². The van der Waals surface area contributed by atoms with Crippen LogP contribution in [-0.2, 0) is 20.7 Å². The molecule has 1 fully saturated rings. The van der Waals surface area contributed by atoms with Gasteiger partial charge in [0.15, 0.2) is 0 Å². The second-order valence-electron chi connectivity index (χ2n) is 5.51. The van der Waals surface area contributed by atoms with Gasteiger partial charge in [0.25, 0.3) is 0 Å². The van der Waals surface area contributed by atoms with Crippen molar-refractivity contribution in [1.29, 1.82) is 0 Å².